The van der Waals surface area contributed by atoms with Crippen LogP contribution in [0.5, 0.6) is 0 Å². The number of nitrogens with zero attached hydrogens (tertiary/aromatic N) is 2. The number of pyridine rings is 1. The number of nitrogens with one attached hydrogen (secondary N) is 2. The molecular formula is C19H11ClF4N4O2. The number of aromatic nitrogens is 1. The van der Waals surface area contributed by atoms with E-state index in [9.17, 15) is 22.4 Å². The molecule has 0 amide bonds. The minimum absolute atomic E-state index is 0.000353. The number of hydrazine groups is 2. The number of carbonyl (C=O) groups is 1. The Morgan fingerprint density at radius 3 is 2.37 bits per heavy atom. The van der Waals surface area contributed by atoms with Gasteiger partial charge >= 0.3 is 5.97 Å². The van der Waals surface area contributed by atoms with Gasteiger partial charge in [0.25, 0.3) is 0 Å². The molecule has 0 spiro atoms. The smallest absolute Gasteiger partial charge is 0.341 e. The Morgan fingerprint density at radius 2 is 1.70 bits per heavy atom. The summed E-state index contributed by atoms with van der Waals surface area (Å²) in [5, 5.41) is 9.84. The monoisotopic (exact) mass is 438 g/mol. The van der Waals surface area contributed by atoms with Gasteiger partial charge in [-0.05, 0) is 36.4 Å². The maximum atomic E-state index is 14.1. The first-order valence-electron chi connectivity index (χ1n) is 8.41. The predicted octanol–water partition coefficient (Wildman–Crippen LogP) is 4.51. The fourth-order valence-corrected chi connectivity index (χ4v) is 3.22. The fourth-order valence-electron chi connectivity index (χ4n) is 3.00. The highest BCUT2D eigenvalue weighted by atomic mass is 35.5. The Morgan fingerprint density at radius 1 is 1.03 bits per heavy atom. The van der Waals surface area contributed by atoms with Crippen molar-refractivity contribution >= 4 is 29.1 Å². The maximum absolute atomic E-state index is 14.1. The van der Waals surface area contributed by atoms with Crippen LogP contribution in [0.4, 0.5) is 29.1 Å². The van der Waals surface area contributed by atoms with Crippen molar-refractivity contribution < 1.29 is 27.5 Å². The van der Waals surface area contributed by atoms with E-state index in [1.807, 2.05) is 0 Å². The topological polar surface area (TPSA) is 77.5 Å². The van der Waals surface area contributed by atoms with Crippen LogP contribution in [0.1, 0.15) is 15.9 Å². The lowest BCUT2D eigenvalue weighted by atomic mass is 10.1. The molecule has 0 aliphatic carbocycles. The molecule has 0 radical (unpaired) electrons. The number of anilines is 2. The number of fused-ring (bicyclic) bond motifs is 1. The predicted molar refractivity (Wildman–Crippen MR) is 101 cm³/mol. The van der Waals surface area contributed by atoms with Crippen LogP contribution >= 0.6 is 11.6 Å². The van der Waals surface area contributed by atoms with E-state index in [1.54, 1.807) is 6.07 Å². The molecule has 0 saturated heterocycles. The maximum Gasteiger partial charge on any atom is 0.341 e. The summed E-state index contributed by atoms with van der Waals surface area (Å²) in [4.78, 5) is 15.3. The van der Waals surface area contributed by atoms with E-state index in [4.69, 9.17) is 16.7 Å². The van der Waals surface area contributed by atoms with Gasteiger partial charge in [0.15, 0.2) is 5.82 Å². The minimum Gasteiger partial charge on any atom is -0.477 e. The van der Waals surface area contributed by atoms with E-state index in [1.165, 1.54) is 11.1 Å². The Kier molecular flexibility index (Phi) is 4.96. The molecule has 30 heavy (non-hydrogen) atoms. The molecular weight excluding hydrogens is 428 g/mol. The van der Waals surface area contributed by atoms with Gasteiger partial charge in [0.05, 0.1) is 22.9 Å². The Bertz CT molecular complexity index is 1170. The quantitative estimate of drug-likeness (QED) is 0.411. The molecule has 154 valence electrons. The number of aromatic carboxylic acids is 1. The fraction of sp³-hybridized carbons (Fsp3) is 0.0526. The first kappa shape index (κ1) is 19.9. The summed E-state index contributed by atoms with van der Waals surface area (Å²) in [5.41, 5.74) is 4.91. The van der Waals surface area contributed by atoms with Crippen LogP contribution in [0.15, 0.2) is 36.4 Å². The molecule has 4 rings (SSSR count). The summed E-state index contributed by atoms with van der Waals surface area (Å²) >= 11 is 5.86. The van der Waals surface area contributed by atoms with Crippen LogP contribution < -0.4 is 16.0 Å². The van der Waals surface area contributed by atoms with Gasteiger partial charge in [-0.1, -0.05) is 11.6 Å². The molecule has 3 aromatic rings. The summed E-state index contributed by atoms with van der Waals surface area (Å²) in [5.74, 6) is -5.50. The second-order valence-corrected chi connectivity index (χ2v) is 6.71. The third kappa shape index (κ3) is 3.40. The molecule has 0 unspecified atom stereocenters. The third-order valence-corrected chi connectivity index (χ3v) is 4.87. The highest BCUT2D eigenvalue weighted by molar-refractivity contribution is 6.31. The minimum atomic E-state index is -1.73. The van der Waals surface area contributed by atoms with Crippen molar-refractivity contribution in [2.75, 3.05) is 10.4 Å². The number of carboxylic acid groups (broad SMARTS) is 1. The first-order chi connectivity index (χ1) is 14.3. The number of carboxylic acids is 1. The second-order valence-electron chi connectivity index (χ2n) is 6.33. The van der Waals surface area contributed by atoms with Gasteiger partial charge in [-0.2, -0.15) is 0 Å². The van der Waals surface area contributed by atoms with E-state index in [-0.39, 0.29) is 34.2 Å². The first-order valence-corrected chi connectivity index (χ1v) is 8.79. The summed E-state index contributed by atoms with van der Waals surface area (Å²) in [6.45, 7) is -0.209. The largest absolute Gasteiger partial charge is 0.477 e. The standard InChI is InChI=1S/C19H11ClF4N4O2/c20-17-9(10(21)1-2-11(17)22)7-28-18-15(26-27-28)4-3-14(25-18)8-5-12(23)16(19(29)30)13(24)6-8/h1-6,26-27H,7H2,(H,29,30). The number of halogens is 5. The van der Waals surface area contributed by atoms with Gasteiger partial charge in [-0.25, -0.2) is 27.3 Å². The molecule has 0 atom stereocenters. The average molecular weight is 439 g/mol. The lowest BCUT2D eigenvalue weighted by molar-refractivity contribution is 0.0686. The van der Waals surface area contributed by atoms with E-state index in [0.717, 1.165) is 24.3 Å². The molecule has 1 aliphatic heterocycles. The van der Waals surface area contributed by atoms with Crippen LogP contribution in [-0.4, -0.2) is 16.1 Å². The Labute approximate surface area is 171 Å². The summed E-state index contributed by atoms with van der Waals surface area (Å²) in [6.07, 6.45) is 0. The molecule has 11 heteroatoms. The SMILES string of the molecule is O=C(O)c1c(F)cc(-c2ccc3c(n2)N(Cc2c(F)ccc(F)c2Cl)NN3)cc1F. The van der Waals surface area contributed by atoms with Crippen LogP contribution in [0.25, 0.3) is 11.3 Å². The Balaban J connectivity index is 1.71. The van der Waals surface area contributed by atoms with Crippen molar-refractivity contribution in [1.29, 1.82) is 0 Å². The summed E-state index contributed by atoms with van der Waals surface area (Å²) in [7, 11) is 0. The van der Waals surface area contributed by atoms with Crippen molar-refractivity contribution in [2.24, 2.45) is 0 Å². The van der Waals surface area contributed by atoms with Crippen molar-refractivity contribution in [1.82, 2.24) is 10.5 Å². The van der Waals surface area contributed by atoms with Crippen LogP contribution in [0, 0.1) is 23.3 Å². The Hall–Kier alpha value is -3.37. The van der Waals surface area contributed by atoms with Gasteiger partial charge in [-0.15, -0.1) is 5.53 Å². The zero-order valence-corrected chi connectivity index (χ0v) is 15.6. The molecule has 3 N–H and O–H groups in total. The van der Waals surface area contributed by atoms with E-state index >= 15 is 0 Å². The van der Waals surface area contributed by atoms with Gasteiger partial charge in [0, 0.05) is 11.1 Å². The van der Waals surface area contributed by atoms with Gasteiger partial charge in [0.1, 0.15) is 28.8 Å². The van der Waals surface area contributed by atoms with Crippen LogP contribution in [0.2, 0.25) is 5.02 Å². The third-order valence-electron chi connectivity index (χ3n) is 4.46. The lowest BCUT2D eigenvalue weighted by Crippen LogP contribution is -2.36. The highest BCUT2D eigenvalue weighted by Crippen LogP contribution is 2.34. The van der Waals surface area contributed by atoms with E-state index in [0.29, 0.717) is 5.69 Å². The normalized spacial score (nSPS) is 12.6. The van der Waals surface area contributed by atoms with Gasteiger partial charge in [-0.3, -0.25) is 5.01 Å². The van der Waals surface area contributed by atoms with Crippen molar-refractivity contribution in [3.05, 3.63) is 75.8 Å². The van der Waals surface area contributed by atoms with Gasteiger partial charge < -0.3 is 10.5 Å². The number of hydrogen-bond acceptors (Lipinski definition) is 5. The highest BCUT2D eigenvalue weighted by Gasteiger charge is 2.25. The molecule has 1 aliphatic rings. The number of hydrogen-bond donors (Lipinski definition) is 3. The molecule has 1 aromatic heterocycles. The van der Waals surface area contributed by atoms with E-state index < -0.39 is 34.8 Å². The summed E-state index contributed by atoms with van der Waals surface area (Å²) < 4.78 is 55.9. The molecule has 0 saturated carbocycles. The van der Waals surface area contributed by atoms with Crippen LogP contribution in [-0.2, 0) is 6.54 Å². The number of rotatable bonds is 4. The summed E-state index contributed by atoms with van der Waals surface area (Å²) in [6, 6.07) is 6.57. The average Bonchev–Trinajstić information content (AvgIpc) is 3.09. The molecule has 0 bridgehead atoms. The van der Waals surface area contributed by atoms with E-state index in [2.05, 4.69) is 15.9 Å². The molecule has 2 heterocycles. The van der Waals surface area contributed by atoms with Crippen molar-refractivity contribution in [3.8, 4) is 11.3 Å². The molecule has 6 nitrogen and oxygen atoms in total. The van der Waals surface area contributed by atoms with Crippen molar-refractivity contribution in [2.45, 2.75) is 6.54 Å². The zero-order valence-electron chi connectivity index (χ0n) is 14.8. The van der Waals surface area contributed by atoms with Crippen molar-refractivity contribution in [3.63, 3.8) is 0 Å². The second kappa shape index (κ2) is 7.47. The number of benzene rings is 2. The zero-order chi connectivity index (χ0) is 21.6. The molecule has 0 fully saturated rings. The lowest BCUT2D eigenvalue weighted by Gasteiger charge is -2.18. The van der Waals surface area contributed by atoms with Crippen LogP contribution in [0.3, 0.4) is 0 Å². The molecule has 2 aromatic carbocycles. The van der Waals surface area contributed by atoms with Gasteiger partial charge in [0.2, 0.25) is 0 Å².